The lowest BCUT2D eigenvalue weighted by Gasteiger charge is -2.25. The average molecular weight is 349 g/mol. The highest BCUT2D eigenvalue weighted by molar-refractivity contribution is 7.13. The Labute approximate surface area is 148 Å². The average Bonchev–Trinajstić information content (AvgIpc) is 3.03. The van der Waals surface area contributed by atoms with Gasteiger partial charge in [-0.25, -0.2) is 4.39 Å². The van der Waals surface area contributed by atoms with E-state index in [4.69, 9.17) is 0 Å². The van der Waals surface area contributed by atoms with Crippen LogP contribution in [0.15, 0.2) is 53.9 Å². The van der Waals surface area contributed by atoms with Gasteiger partial charge in [0.2, 0.25) is 0 Å². The van der Waals surface area contributed by atoms with E-state index in [2.05, 4.69) is 6.07 Å². The highest BCUT2D eigenvalue weighted by Crippen LogP contribution is 2.46. The first kappa shape index (κ1) is 15.4. The van der Waals surface area contributed by atoms with E-state index in [0.29, 0.717) is 33.2 Å². The standard InChI is InChI=1S/C19H12FN3OS/c1-22-15-8-7-13(20)9-16(15)23(14-5-3-2-4-6-14)19(24)18-17(22)12(10-21)11-25-18/h2-9,11H,1H3. The second-order valence-electron chi connectivity index (χ2n) is 5.61. The zero-order valence-corrected chi connectivity index (χ0v) is 14.0. The van der Waals surface area contributed by atoms with Crippen molar-refractivity contribution in [2.24, 2.45) is 0 Å². The van der Waals surface area contributed by atoms with Crippen molar-refractivity contribution in [1.82, 2.24) is 0 Å². The Balaban J connectivity index is 2.05. The van der Waals surface area contributed by atoms with Crippen LogP contribution in [-0.2, 0) is 0 Å². The minimum absolute atomic E-state index is 0.274. The summed E-state index contributed by atoms with van der Waals surface area (Å²) >= 11 is 1.23. The summed E-state index contributed by atoms with van der Waals surface area (Å²) in [5, 5.41) is 11.1. The lowest BCUT2D eigenvalue weighted by atomic mass is 10.2. The van der Waals surface area contributed by atoms with Crippen LogP contribution in [0.1, 0.15) is 15.2 Å². The van der Waals surface area contributed by atoms with Crippen molar-refractivity contribution in [3.8, 4) is 6.07 Å². The van der Waals surface area contributed by atoms with Gasteiger partial charge in [0.05, 0.1) is 22.6 Å². The molecule has 0 saturated heterocycles. The third kappa shape index (κ3) is 2.29. The number of carbonyl (C=O) groups excluding carboxylic acids is 1. The zero-order chi connectivity index (χ0) is 17.6. The maximum atomic E-state index is 14.0. The molecule has 1 aromatic heterocycles. The molecule has 0 saturated carbocycles. The van der Waals surface area contributed by atoms with E-state index in [1.54, 1.807) is 35.5 Å². The molecule has 1 aliphatic rings. The summed E-state index contributed by atoms with van der Waals surface area (Å²) in [6.45, 7) is 0. The van der Waals surface area contributed by atoms with Crippen LogP contribution in [0, 0.1) is 17.1 Å². The number of rotatable bonds is 1. The third-order valence-corrected chi connectivity index (χ3v) is 5.13. The Hall–Kier alpha value is -3.17. The summed E-state index contributed by atoms with van der Waals surface area (Å²) in [6, 6.07) is 15.6. The van der Waals surface area contributed by atoms with Gasteiger partial charge in [0, 0.05) is 24.2 Å². The lowest BCUT2D eigenvalue weighted by molar-refractivity contribution is 0.100. The second kappa shape index (κ2) is 5.72. The first-order valence-corrected chi connectivity index (χ1v) is 8.44. The van der Waals surface area contributed by atoms with Gasteiger partial charge in [-0.3, -0.25) is 9.69 Å². The van der Waals surface area contributed by atoms with Gasteiger partial charge in [-0.05, 0) is 24.3 Å². The van der Waals surface area contributed by atoms with E-state index in [-0.39, 0.29) is 5.91 Å². The van der Waals surface area contributed by atoms with Crippen LogP contribution in [0.25, 0.3) is 0 Å². The van der Waals surface area contributed by atoms with Crippen LogP contribution >= 0.6 is 11.3 Å². The maximum Gasteiger partial charge on any atom is 0.275 e. The summed E-state index contributed by atoms with van der Waals surface area (Å²) in [5.74, 6) is -0.699. The fourth-order valence-electron chi connectivity index (χ4n) is 3.04. The van der Waals surface area contributed by atoms with Gasteiger partial charge in [0.15, 0.2) is 0 Å². The van der Waals surface area contributed by atoms with Crippen LogP contribution in [0.3, 0.4) is 0 Å². The van der Waals surface area contributed by atoms with E-state index >= 15 is 0 Å². The first-order valence-electron chi connectivity index (χ1n) is 7.56. The Morgan fingerprint density at radius 3 is 2.60 bits per heavy atom. The van der Waals surface area contributed by atoms with Crippen molar-refractivity contribution in [3.63, 3.8) is 0 Å². The molecule has 1 amide bonds. The van der Waals surface area contributed by atoms with Gasteiger partial charge < -0.3 is 4.90 Å². The van der Waals surface area contributed by atoms with Gasteiger partial charge in [-0.15, -0.1) is 11.3 Å². The highest BCUT2D eigenvalue weighted by Gasteiger charge is 2.33. The molecular formula is C19H12FN3OS. The third-order valence-electron chi connectivity index (χ3n) is 4.17. The number of hydrogen-bond donors (Lipinski definition) is 0. The molecule has 122 valence electrons. The fraction of sp³-hybridized carbons (Fsp3) is 0.0526. The number of halogens is 1. The lowest BCUT2D eigenvalue weighted by Crippen LogP contribution is -2.24. The molecule has 0 radical (unpaired) electrons. The normalized spacial score (nSPS) is 13.1. The summed E-state index contributed by atoms with van der Waals surface area (Å²) < 4.78 is 14.0. The number of nitrogens with zero attached hydrogens (tertiary/aromatic N) is 3. The molecule has 3 aromatic rings. The molecule has 0 fully saturated rings. The van der Waals surface area contributed by atoms with Crippen LogP contribution in [0.2, 0.25) is 0 Å². The minimum Gasteiger partial charge on any atom is -0.340 e. The number of fused-ring (bicyclic) bond motifs is 2. The molecule has 25 heavy (non-hydrogen) atoms. The number of hydrogen-bond acceptors (Lipinski definition) is 4. The van der Waals surface area contributed by atoms with Crippen molar-refractivity contribution in [2.45, 2.75) is 0 Å². The SMILES string of the molecule is CN1c2ccc(F)cc2N(c2ccccc2)C(=O)c2scc(C#N)c21. The summed E-state index contributed by atoms with van der Waals surface area (Å²) in [7, 11) is 1.78. The quantitative estimate of drug-likeness (QED) is 0.633. The van der Waals surface area contributed by atoms with Gasteiger partial charge >= 0.3 is 0 Å². The zero-order valence-electron chi connectivity index (χ0n) is 13.2. The summed E-state index contributed by atoms with van der Waals surface area (Å²) in [6.07, 6.45) is 0. The Morgan fingerprint density at radius 1 is 1.12 bits per heavy atom. The van der Waals surface area contributed by atoms with Gasteiger partial charge in [0.25, 0.3) is 5.91 Å². The van der Waals surface area contributed by atoms with E-state index < -0.39 is 5.82 Å². The van der Waals surface area contributed by atoms with Crippen LogP contribution in [-0.4, -0.2) is 13.0 Å². The fourth-order valence-corrected chi connectivity index (χ4v) is 3.99. The van der Waals surface area contributed by atoms with Crippen molar-refractivity contribution >= 4 is 40.0 Å². The smallest absolute Gasteiger partial charge is 0.275 e. The molecule has 0 unspecified atom stereocenters. The van der Waals surface area contributed by atoms with E-state index in [9.17, 15) is 14.4 Å². The molecule has 0 atom stereocenters. The Morgan fingerprint density at radius 2 is 1.88 bits per heavy atom. The van der Waals surface area contributed by atoms with Crippen LogP contribution < -0.4 is 9.80 Å². The van der Waals surface area contributed by atoms with Gasteiger partial charge in [-0.1, -0.05) is 18.2 Å². The molecule has 4 rings (SSSR count). The van der Waals surface area contributed by atoms with Crippen molar-refractivity contribution in [3.05, 3.63) is 70.2 Å². The molecule has 6 heteroatoms. The Bertz CT molecular complexity index is 1020. The largest absolute Gasteiger partial charge is 0.340 e. The monoisotopic (exact) mass is 349 g/mol. The van der Waals surface area contributed by atoms with Gasteiger partial charge in [-0.2, -0.15) is 5.26 Å². The predicted octanol–water partition coefficient (Wildman–Crippen LogP) is 4.82. The number of anilines is 4. The highest BCUT2D eigenvalue weighted by atomic mass is 32.1. The minimum atomic E-state index is -0.424. The predicted molar refractivity (Wildman–Crippen MR) is 96.4 cm³/mol. The molecule has 0 N–H and O–H groups in total. The van der Waals surface area contributed by atoms with Crippen molar-refractivity contribution in [1.29, 1.82) is 5.26 Å². The van der Waals surface area contributed by atoms with Gasteiger partial charge in [0.1, 0.15) is 16.8 Å². The molecule has 4 nitrogen and oxygen atoms in total. The Kier molecular flexibility index (Phi) is 3.52. The number of carbonyl (C=O) groups is 1. The topological polar surface area (TPSA) is 47.3 Å². The summed E-state index contributed by atoms with van der Waals surface area (Å²) in [4.78, 5) is 17.0. The molecule has 2 aromatic carbocycles. The summed E-state index contributed by atoms with van der Waals surface area (Å²) in [5.41, 5.74) is 2.75. The van der Waals surface area contributed by atoms with Crippen LogP contribution in [0.4, 0.5) is 27.1 Å². The second-order valence-corrected chi connectivity index (χ2v) is 6.49. The molecule has 0 bridgehead atoms. The van der Waals surface area contributed by atoms with Crippen molar-refractivity contribution in [2.75, 3.05) is 16.8 Å². The number of amides is 1. The maximum absolute atomic E-state index is 14.0. The van der Waals surface area contributed by atoms with Crippen LogP contribution in [0.5, 0.6) is 0 Å². The molecule has 0 aliphatic carbocycles. The number of thiophene rings is 1. The number of nitriles is 1. The van der Waals surface area contributed by atoms with Crippen molar-refractivity contribution < 1.29 is 9.18 Å². The molecule has 0 spiro atoms. The molecular weight excluding hydrogens is 337 g/mol. The first-order chi connectivity index (χ1) is 12.1. The number of para-hydroxylation sites is 1. The van der Waals surface area contributed by atoms with E-state index in [0.717, 1.165) is 0 Å². The number of benzene rings is 2. The van der Waals surface area contributed by atoms with E-state index in [1.807, 2.05) is 18.2 Å². The van der Waals surface area contributed by atoms with E-state index in [1.165, 1.54) is 28.4 Å². The molecule has 1 aliphatic heterocycles. The molecule has 2 heterocycles.